The predicted octanol–water partition coefficient (Wildman–Crippen LogP) is 4.84. The smallest absolute Gasteiger partial charge is 0.344 e. The fourth-order valence-electron chi connectivity index (χ4n) is 3.39. The molecule has 0 bridgehead atoms. The van der Waals surface area contributed by atoms with Gasteiger partial charge in [-0.1, -0.05) is 30.0 Å². The molecule has 2 heterocycles. The first kappa shape index (κ1) is 24.3. The number of carbonyl (C=O) groups excluding carboxylic acids is 3. The number of carbonyl (C=O) groups is 3. The molecule has 174 valence electrons. The van der Waals surface area contributed by atoms with E-state index in [0.717, 1.165) is 22.0 Å². The summed E-state index contributed by atoms with van der Waals surface area (Å²) in [6.07, 6.45) is 0. The summed E-state index contributed by atoms with van der Waals surface area (Å²) in [5, 5.41) is 4.35. The van der Waals surface area contributed by atoms with Crippen molar-refractivity contribution in [2.75, 3.05) is 24.3 Å². The van der Waals surface area contributed by atoms with Crippen LogP contribution in [0.15, 0.2) is 33.7 Å². The Bertz CT molecular complexity index is 1220. The van der Waals surface area contributed by atoms with Crippen LogP contribution >= 0.6 is 11.8 Å². The molecule has 0 unspecified atom stereocenters. The van der Waals surface area contributed by atoms with Crippen LogP contribution in [0.25, 0.3) is 10.9 Å². The molecule has 0 aliphatic rings. The van der Waals surface area contributed by atoms with E-state index >= 15 is 0 Å². The first-order valence-electron chi connectivity index (χ1n) is 10.5. The van der Waals surface area contributed by atoms with Gasteiger partial charge in [-0.15, -0.1) is 0 Å². The fourth-order valence-corrected chi connectivity index (χ4v) is 4.15. The van der Waals surface area contributed by atoms with Crippen LogP contribution in [0.5, 0.6) is 0 Å². The third-order valence-electron chi connectivity index (χ3n) is 4.87. The van der Waals surface area contributed by atoms with Gasteiger partial charge in [0.05, 0.1) is 29.5 Å². The molecule has 0 radical (unpaired) electrons. The Morgan fingerprint density at radius 1 is 1.00 bits per heavy atom. The number of furan rings is 1. The molecule has 0 fully saturated rings. The topological polar surface area (TPSA) is 108 Å². The van der Waals surface area contributed by atoms with E-state index < -0.39 is 17.8 Å². The second-order valence-corrected chi connectivity index (χ2v) is 8.26. The zero-order chi connectivity index (χ0) is 24.1. The summed E-state index contributed by atoms with van der Waals surface area (Å²) in [5.41, 5.74) is 2.81. The Balaban J connectivity index is 1.81. The van der Waals surface area contributed by atoms with E-state index in [1.807, 2.05) is 38.1 Å². The summed E-state index contributed by atoms with van der Waals surface area (Å²) in [4.78, 5) is 42.2. The minimum absolute atomic E-state index is 0.0284. The summed E-state index contributed by atoms with van der Waals surface area (Å²) in [6, 6.07) is 7.93. The number of hydrogen-bond acceptors (Lipinski definition) is 8. The number of nitrogens with one attached hydrogen (secondary N) is 1. The van der Waals surface area contributed by atoms with Gasteiger partial charge in [0, 0.05) is 5.39 Å². The summed E-state index contributed by atoms with van der Waals surface area (Å²) in [5.74, 6) is -1.87. The van der Waals surface area contributed by atoms with Crippen LogP contribution in [0.4, 0.5) is 5.88 Å². The minimum Gasteiger partial charge on any atom is -0.462 e. The Morgan fingerprint density at radius 2 is 1.67 bits per heavy atom. The van der Waals surface area contributed by atoms with Crippen molar-refractivity contribution in [3.63, 3.8) is 0 Å². The normalized spacial score (nSPS) is 10.8. The molecule has 2 aromatic heterocycles. The number of anilines is 1. The zero-order valence-electron chi connectivity index (χ0n) is 19.2. The SMILES string of the molecule is CCOC(=O)c1c(C)oc(NC(=O)CSc2cc(C)c3cccc(C)c3n2)c1C(=O)OCC. The largest absolute Gasteiger partial charge is 0.462 e. The highest BCUT2D eigenvalue weighted by molar-refractivity contribution is 7.99. The maximum atomic E-state index is 12.7. The van der Waals surface area contributed by atoms with E-state index in [1.165, 1.54) is 18.7 Å². The van der Waals surface area contributed by atoms with Crippen LogP contribution in [-0.4, -0.2) is 41.8 Å². The molecule has 3 aromatic rings. The van der Waals surface area contributed by atoms with E-state index in [2.05, 4.69) is 10.3 Å². The molecular weight excluding hydrogens is 444 g/mol. The number of amides is 1. The molecule has 0 aliphatic heterocycles. The number of benzene rings is 1. The third-order valence-corrected chi connectivity index (χ3v) is 5.78. The quantitative estimate of drug-likeness (QED) is 0.368. The van der Waals surface area contributed by atoms with Gasteiger partial charge in [-0.05, 0) is 51.8 Å². The van der Waals surface area contributed by atoms with Crippen molar-refractivity contribution in [3.8, 4) is 0 Å². The van der Waals surface area contributed by atoms with Crippen LogP contribution in [0, 0.1) is 20.8 Å². The van der Waals surface area contributed by atoms with Gasteiger partial charge in [0.2, 0.25) is 11.8 Å². The number of pyridine rings is 1. The van der Waals surface area contributed by atoms with Gasteiger partial charge in [0.25, 0.3) is 0 Å². The molecule has 3 rings (SSSR count). The van der Waals surface area contributed by atoms with Gasteiger partial charge >= 0.3 is 11.9 Å². The van der Waals surface area contributed by atoms with Gasteiger partial charge in [-0.2, -0.15) is 0 Å². The van der Waals surface area contributed by atoms with Crippen molar-refractivity contribution in [3.05, 3.63) is 52.3 Å². The van der Waals surface area contributed by atoms with Gasteiger partial charge in [0.15, 0.2) is 0 Å². The minimum atomic E-state index is -0.775. The number of thioether (sulfide) groups is 1. The van der Waals surface area contributed by atoms with Crippen molar-refractivity contribution in [1.82, 2.24) is 4.98 Å². The van der Waals surface area contributed by atoms with Gasteiger partial charge in [0.1, 0.15) is 16.9 Å². The van der Waals surface area contributed by atoms with Crippen molar-refractivity contribution < 1.29 is 28.3 Å². The number of rotatable bonds is 8. The maximum absolute atomic E-state index is 12.7. The van der Waals surface area contributed by atoms with Gasteiger partial charge < -0.3 is 13.9 Å². The van der Waals surface area contributed by atoms with Crippen molar-refractivity contribution >= 4 is 46.4 Å². The molecule has 0 atom stereocenters. The molecule has 0 saturated carbocycles. The maximum Gasteiger partial charge on any atom is 0.344 e. The van der Waals surface area contributed by atoms with E-state index in [0.29, 0.717) is 5.03 Å². The molecule has 0 aliphatic carbocycles. The Hall–Kier alpha value is -3.33. The summed E-state index contributed by atoms with van der Waals surface area (Å²) in [7, 11) is 0. The van der Waals surface area contributed by atoms with E-state index in [1.54, 1.807) is 13.8 Å². The molecule has 1 N–H and O–H groups in total. The van der Waals surface area contributed by atoms with Crippen LogP contribution in [0.1, 0.15) is 51.5 Å². The van der Waals surface area contributed by atoms with Gasteiger partial charge in [-0.3, -0.25) is 10.1 Å². The lowest BCUT2D eigenvalue weighted by molar-refractivity contribution is -0.113. The summed E-state index contributed by atoms with van der Waals surface area (Å²) >= 11 is 1.26. The molecule has 0 saturated heterocycles. The molecule has 1 aromatic carbocycles. The number of aryl methyl sites for hydroxylation is 3. The second-order valence-electron chi connectivity index (χ2n) is 7.26. The summed E-state index contributed by atoms with van der Waals surface area (Å²) in [6.45, 7) is 9.03. The standard InChI is InChI=1S/C24H26N2O6S/c1-6-30-23(28)19-15(5)32-22(20(19)24(29)31-7-2)25-17(27)12-33-18-11-14(4)16-10-8-9-13(3)21(16)26-18/h8-11H,6-7,12H2,1-5H3,(H,25,27). The highest BCUT2D eigenvalue weighted by Crippen LogP contribution is 2.30. The number of esters is 2. The number of aromatic nitrogens is 1. The van der Waals surface area contributed by atoms with E-state index in [-0.39, 0.29) is 41.7 Å². The Labute approximate surface area is 196 Å². The highest BCUT2D eigenvalue weighted by Gasteiger charge is 2.31. The molecule has 8 nitrogen and oxygen atoms in total. The highest BCUT2D eigenvalue weighted by atomic mass is 32.2. The Kier molecular flexibility index (Phi) is 7.75. The zero-order valence-corrected chi connectivity index (χ0v) is 20.1. The third kappa shape index (κ3) is 5.36. The van der Waals surface area contributed by atoms with E-state index in [9.17, 15) is 14.4 Å². The first-order valence-corrected chi connectivity index (χ1v) is 11.5. The van der Waals surface area contributed by atoms with Crippen molar-refractivity contribution in [1.29, 1.82) is 0 Å². The Morgan fingerprint density at radius 3 is 2.33 bits per heavy atom. The average molecular weight is 471 g/mol. The van der Waals surface area contributed by atoms with E-state index in [4.69, 9.17) is 13.9 Å². The lowest BCUT2D eigenvalue weighted by atomic mass is 10.1. The van der Waals surface area contributed by atoms with Crippen molar-refractivity contribution in [2.24, 2.45) is 0 Å². The van der Waals surface area contributed by atoms with Crippen LogP contribution in [0.3, 0.4) is 0 Å². The molecular formula is C24H26N2O6S. The fraction of sp³-hybridized carbons (Fsp3) is 0.333. The van der Waals surface area contributed by atoms with Gasteiger partial charge in [-0.25, -0.2) is 14.6 Å². The average Bonchev–Trinajstić information content (AvgIpc) is 3.09. The number of nitrogens with zero attached hydrogens (tertiary/aromatic N) is 1. The first-order chi connectivity index (χ1) is 15.8. The summed E-state index contributed by atoms with van der Waals surface area (Å²) < 4.78 is 15.6. The lowest BCUT2D eigenvalue weighted by Gasteiger charge is -2.09. The number of para-hydroxylation sites is 1. The van der Waals surface area contributed by atoms with Crippen LogP contribution in [-0.2, 0) is 14.3 Å². The predicted molar refractivity (Wildman–Crippen MR) is 126 cm³/mol. The molecule has 33 heavy (non-hydrogen) atoms. The molecule has 1 amide bonds. The van der Waals surface area contributed by atoms with Crippen LogP contribution < -0.4 is 5.32 Å². The number of hydrogen-bond donors (Lipinski definition) is 1. The second kappa shape index (κ2) is 10.5. The van der Waals surface area contributed by atoms with Crippen LogP contribution in [0.2, 0.25) is 0 Å². The monoisotopic (exact) mass is 470 g/mol. The number of ether oxygens (including phenoxy) is 2. The molecule has 0 spiro atoms. The molecule has 9 heteroatoms. The number of fused-ring (bicyclic) bond motifs is 1. The van der Waals surface area contributed by atoms with Crippen molar-refractivity contribution in [2.45, 2.75) is 39.6 Å². The lowest BCUT2D eigenvalue weighted by Crippen LogP contribution is -2.18.